The molecule has 2 aromatic carbocycles. The lowest BCUT2D eigenvalue weighted by molar-refractivity contribution is 0.0702. The van der Waals surface area contributed by atoms with Crippen molar-refractivity contribution in [1.82, 2.24) is 0 Å². The zero-order chi connectivity index (χ0) is 21.5. The van der Waals surface area contributed by atoms with Gasteiger partial charge in [0.25, 0.3) is 0 Å². The van der Waals surface area contributed by atoms with E-state index in [0.29, 0.717) is 34.0 Å². The molecular weight excluding hydrogens is 400 g/mol. The molecule has 154 valence electrons. The lowest BCUT2D eigenvalue weighted by atomic mass is 10.1. The van der Waals surface area contributed by atoms with Crippen LogP contribution in [0.1, 0.15) is 32.2 Å². The summed E-state index contributed by atoms with van der Waals surface area (Å²) in [5.74, 6) is 0.876. The van der Waals surface area contributed by atoms with Gasteiger partial charge in [-0.2, -0.15) is 0 Å². The van der Waals surface area contributed by atoms with Crippen LogP contribution in [0.2, 0.25) is 0 Å². The first kappa shape index (κ1) is 18.7. The lowest BCUT2D eigenvalue weighted by Gasteiger charge is -2.09. The summed E-state index contributed by atoms with van der Waals surface area (Å²) in [7, 11) is 1.53. The molecule has 7 heteroatoms. The first-order chi connectivity index (χ1) is 15.0. The third-order valence-corrected chi connectivity index (χ3v) is 4.98. The fraction of sp³-hybridized carbons (Fsp3) is 0.0833. The van der Waals surface area contributed by atoms with Gasteiger partial charge in [0, 0.05) is 17.0 Å². The minimum atomic E-state index is -0.669. The molecule has 0 spiro atoms. The molecule has 0 aliphatic carbocycles. The number of methoxy groups -OCH3 is 1. The van der Waals surface area contributed by atoms with Crippen LogP contribution in [-0.2, 0) is 0 Å². The van der Waals surface area contributed by atoms with E-state index in [9.17, 15) is 9.59 Å². The summed E-state index contributed by atoms with van der Waals surface area (Å²) >= 11 is 0. The molecule has 31 heavy (non-hydrogen) atoms. The molecule has 0 N–H and O–H groups in total. The minimum absolute atomic E-state index is 0.0368. The average Bonchev–Trinajstić information content (AvgIpc) is 3.50. The van der Waals surface area contributed by atoms with E-state index in [2.05, 4.69) is 0 Å². The summed E-state index contributed by atoms with van der Waals surface area (Å²) in [5, 5.41) is 0.721. The van der Waals surface area contributed by atoms with Crippen molar-refractivity contribution in [2.45, 2.75) is 6.92 Å². The van der Waals surface area contributed by atoms with Crippen LogP contribution in [0.4, 0.5) is 0 Å². The van der Waals surface area contributed by atoms with Gasteiger partial charge in [-0.05, 0) is 43.3 Å². The molecule has 1 aliphatic rings. The number of carbonyl (C=O) groups excluding carboxylic acids is 2. The Hall–Kier alpha value is -4.26. The second-order valence-corrected chi connectivity index (χ2v) is 6.90. The largest absolute Gasteiger partial charge is 0.493 e. The number of furan rings is 2. The van der Waals surface area contributed by atoms with Crippen molar-refractivity contribution >= 4 is 28.8 Å². The highest BCUT2D eigenvalue weighted by atomic mass is 16.6. The number of allylic oxidation sites excluding steroid dienone is 1. The zero-order valence-corrected chi connectivity index (χ0v) is 16.6. The molecule has 0 atom stereocenters. The van der Waals surface area contributed by atoms with E-state index in [-0.39, 0.29) is 23.1 Å². The van der Waals surface area contributed by atoms with E-state index in [0.717, 1.165) is 5.39 Å². The molecule has 0 amide bonds. The third kappa shape index (κ3) is 3.16. The molecule has 5 rings (SSSR count). The van der Waals surface area contributed by atoms with Crippen molar-refractivity contribution in [3.63, 3.8) is 0 Å². The van der Waals surface area contributed by atoms with Gasteiger partial charge in [0.2, 0.25) is 11.5 Å². The normalized spacial score (nSPS) is 14.0. The fourth-order valence-corrected chi connectivity index (χ4v) is 3.43. The van der Waals surface area contributed by atoms with Crippen molar-refractivity contribution in [2.75, 3.05) is 7.11 Å². The summed E-state index contributed by atoms with van der Waals surface area (Å²) in [4.78, 5) is 25.3. The van der Waals surface area contributed by atoms with Crippen LogP contribution >= 0.6 is 0 Å². The van der Waals surface area contributed by atoms with Crippen molar-refractivity contribution in [1.29, 1.82) is 0 Å². The topological polar surface area (TPSA) is 88.1 Å². The monoisotopic (exact) mass is 416 g/mol. The molecular formula is C24H16O7. The predicted molar refractivity (Wildman–Crippen MR) is 111 cm³/mol. The second-order valence-electron chi connectivity index (χ2n) is 6.90. The summed E-state index contributed by atoms with van der Waals surface area (Å²) in [5.41, 5.74) is 1.38. The molecule has 0 radical (unpaired) electrons. The van der Waals surface area contributed by atoms with Crippen molar-refractivity contribution in [3.05, 3.63) is 83.2 Å². The van der Waals surface area contributed by atoms with E-state index >= 15 is 0 Å². The van der Waals surface area contributed by atoms with E-state index in [1.54, 1.807) is 49.4 Å². The third-order valence-electron chi connectivity index (χ3n) is 4.98. The number of ketones is 1. The van der Waals surface area contributed by atoms with Crippen LogP contribution in [0.3, 0.4) is 0 Å². The smallest absolute Gasteiger partial charge is 0.379 e. The van der Waals surface area contributed by atoms with Gasteiger partial charge in [-0.3, -0.25) is 4.79 Å². The summed E-state index contributed by atoms with van der Waals surface area (Å²) in [6, 6.07) is 13.5. The first-order valence-electron chi connectivity index (χ1n) is 9.45. The number of hydrogen-bond acceptors (Lipinski definition) is 7. The molecule has 7 nitrogen and oxygen atoms in total. The SMILES string of the molecule is COc1cccc2cc(C(=O)Oc3ccc4c(c3C)O/C(=C\c3ccco3)C4=O)oc12. The molecule has 0 unspecified atom stereocenters. The molecule has 0 fully saturated rings. The highest BCUT2D eigenvalue weighted by molar-refractivity contribution is 6.14. The maximum Gasteiger partial charge on any atom is 0.379 e. The molecule has 4 aromatic rings. The van der Waals surface area contributed by atoms with Gasteiger partial charge < -0.3 is 23.0 Å². The number of Topliss-reactive ketones (excluding diaryl/α,β-unsaturated/α-hetero) is 1. The number of fused-ring (bicyclic) bond motifs is 2. The maximum absolute atomic E-state index is 12.7. The number of esters is 1. The zero-order valence-electron chi connectivity index (χ0n) is 16.6. The lowest BCUT2D eigenvalue weighted by Crippen LogP contribution is -2.08. The van der Waals surface area contributed by atoms with Crippen LogP contribution in [-0.4, -0.2) is 18.9 Å². The quantitative estimate of drug-likeness (QED) is 0.257. The summed E-state index contributed by atoms with van der Waals surface area (Å²) in [6.45, 7) is 1.71. The van der Waals surface area contributed by atoms with Crippen molar-refractivity contribution in [2.24, 2.45) is 0 Å². The van der Waals surface area contributed by atoms with Gasteiger partial charge in [0.1, 0.15) is 17.3 Å². The highest BCUT2D eigenvalue weighted by Crippen LogP contribution is 2.39. The second kappa shape index (κ2) is 7.21. The Morgan fingerprint density at radius 3 is 2.71 bits per heavy atom. The fourth-order valence-electron chi connectivity index (χ4n) is 3.43. The van der Waals surface area contributed by atoms with Gasteiger partial charge in [-0.25, -0.2) is 4.79 Å². The average molecular weight is 416 g/mol. The first-order valence-corrected chi connectivity index (χ1v) is 9.45. The number of carbonyl (C=O) groups is 2. The summed E-state index contributed by atoms with van der Waals surface area (Å²) < 4.78 is 27.4. The van der Waals surface area contributed by atoms with Gasteiger partial charge in [0.05, 0.1) is 18.9 Å². The predicted octanol–water partition coefficient (Wildman–Crippen LogP) is 5.18. The van der Waals surface area contributed by atoms with Crippen LogP contribution in [0.5, 0.6) is 17.2 Å². The van der Waals surface area contributed by atoms with E-state index in [1.807, 2.05) is 6.07 Å². The van der Waals surface area contributed by atoms with E-state index in [4.69, 9.17) is 23.0 Å². The number of benzene rings is 2. The van der Waals surface area contributed by atoms with Gasteiger partial charge in [-0.15, -0.1) is 0 Å². The van der Waals surface area contributed by atoms with E-state index < -0.39 is 5.97 Å². The molecule has 0 saturated carbocycles. The number of rotatable bonds is 4. The Bertz CT molecular complexity index is 1360. The maximum atomic E-state index is 12.7. The van der Waals surface area contributed by atoms with Crippen molar-refractivity contribution < 1.29 is 32.6 Å². The Balaban J connectivity index is 1.43. The Morgan fingerprint density at radius 1 is 1.06 bits per heavy atom. The molecule has 1 aliphatic heterocycles. The van der Waals surface area contributed by atoms with Crippen LogP contribution in [0.25, 0.3) is 17.0 Å². The minimum Gasteiger partial charge on any atom is -0.493 e. The molecule has 0 bridgehead atoms. The summed E-state index contributed by atoms with van der Waals surface area (Å²) in [6.07, 6.45) is 3.03. The van der Waals surface area contributed by atoms with Crippen LogP contribution in [0, 0.1) is 6.92 Å². The van der Waals surface area contributed by atoms with E-state index in [1.165, 1.54) is 19.4 Å². The van der Waals surface area contributed by atoms with Crippen LogP contribution in [0.15, 0.2) is 69.4 Å². The van der Waals surface area contributed by atoms with Gasteiger partial charge in [-0.1, -0.05) is 12.1 Å². The van der Waals surface area contributed by atoms with Crippen LogP contribution < -0.4 is 14.2 Å². The standard InChI is InChI=1S/C24H16O7/c1-13-17(31-24(26)20-11-14-5-3-7-18(27-2)23(14)30-20)9-8-16-21(25)19(29-22(13)16)12-15-6-4-10-28-15/h3-12H,1-2H3/b19-12-. The van der Waals surface area contributed by atoms with Crippen molar-refractivity contribution in [3.8, 4) is 17.2 Å². The molecule has 3 heterocycles. The van der Waals surface area contributed by atoms with Gasteiger partial charge in [0.15, 0.2) is 17.1 Å². The Morgan fingerprint density at radius 2 is 1.94 bits per heavy atom. The Kier molecular flexibility index (Phi) is 4.36. The van der Waals surface area contributed by atoms with Gasteiger partial charge >= 0.3 is 5.97 Å². The number of ether oxygens (including phenoxy) is 3. The number of hydrogen-bond donors (Lipinski definition) is 0. The Labute approximate surface area is 176 Å². The molecule has 2 aromatic heterocycles. The number of para-hydroxylation sites is 1. The highest BCUT2D eigenvalue weighted by Gasteiger charge is 2.31. The molecule has 0 saturated heterocycles.